The van der Waals surface area contributed by atoms with E-state index in [9.17, 15) is 19.5 Å². The fourth-order valence-electron chi connectivity index (χ4n) is 1.48. The molecule has 0 bridgehead atoms. The Labute approximate surface area is 160 Å². The van der Waals surface area contributed by atoms with Gasteiger partial charge in [0, 0.05) is 5.38 Å². The summed E-state index contributed by atoms with van der Waals surface area (Å²) in [6, 6.07) is 0. The zero-order chi connectivity index (χ0) is 20.6. The molecule has 1 aromatic heterocycles. The predicted octanol–water partition coefficient (Wildman–Crippen LogP) is 2.49. The smallest absolute Gasteiger partial charge is 0.413 e. The van der Waals surface area contributed by atoms with Crippen molar-refractivity contribution in [1.82, 2.24) is 4.98 Å². The maximum absolute atomic E-state index is 11.7. The van der Waals surface area contributed by atoms with Gasteiger partial charge in [0.15, 0.2) is 5.13 Å². The molecule has 1 aromatic rings. The van der Waals surface area contributed by atoms with E-state index in [2.05, 4.69) is 15.5 Å². The van der Waals surface area contributed by atoms with E-state index in [1.165, 1.54) is 5.38 Å². The minimum Gasteiger partial charge on any atom is -0.476 e. The average molecular weight is 401 g/mol. The largest absolute Gasteiger partial charge is 0.476 e. The summed E-state index contributed by atoms with van der Waals surface area (Å²) in [6.07, 6.45) is -0.721. The van der Waals surface area contributed by atoms with Gasteiger partial charge < -0.3 is 19.4 Å². The van der Waals surface area contributed by atoms with Crippen LogP contribution in [-0.4, -0.2) is 52.6 Å². The molecule has 11 heteroatoms. The highest BCUT2D eigenvalue weighted by Crippen LogP contribution is 2.18. The lowest BCUT2D eigenvalue weighted by Crippen LogP contribution is -2.27. The molecule has 0 aliphatic carbocycles. The molecular weight excluding hydrogens is 378 g/mol. The molecule has 0 spiro atoms. The van der Waals surface area contributed by atoms with Crippen molar-refractivity contribution in [2.24, 2.45) is 11.1 Å². The summed E-state index contributed by atoms with van der Waals surface area (Å²) in [5.41, 5.74) is -1.23. The minimum atomic E-state index is -1.40. The van der Waals surface area contributed by atoms with Gasteiger partial charge in [-0.05, 0) is 26.7 Å². The van der Waals surface area contributed by atoms with Crippen molar-refractivity contribution in [3.8, 4) is 0 Å². The van der Waals surface area contributed by atoms with E-state index in [1.807, 2.05) is 13.8 Å². The van der Waals surface area contributed by atoms with Crippen molar-refractivity contribution in [2.45, 2.75) is 40.2 Å². The number of carboxylic acids is 1. The lowest BCUT2D eigenvalue weighted by Gasteiger charge is -2.18. The summed E-state index contributed by atoms with van der Waals surface area (Å²) in [7, 11) is 0. The Morgan fingerprint density at radius 1 is 1.33 bits per heavy atom. The van der Waals surface area contributed by atoms with E-state index in [1.54, 1.807) is 20.8 Å². The zero-order valence-corrected chi connectivity index (χ0v) is 16.6. The van der Waals surface area contributed by atoms with E-state index in [-0.39, 0.29) is 23.4 Å². The molecule has 0 fully saturated rings. The highest BCUT2D eigenvalue weighted by Gasteiger charge is 2.21. The van der Waals surface area contributed by atoms with Gasteiger partial charge in [-0.1, -0.05) is 19.0 Å². The molecule has 150 valence electrons. The lowest BCUT2D eigenvalue weighted by molar-refractivity contribution is -0.150. The molecule has 0 aromatic carbocycles. The number of hydrogen-bond donors (Lipinski definition) is 2. The van der Waals surface area contributed by atoms with Gasteiger partial charge in [0.05, 0.1) is 6.61 Å². The normalized spacial score (nSPS) is 11.9. The Morgan fingerprint density at radius 3 is 2.56 bits per heavy atom. The van der Waals surface area contributed by atoms with E-state index < -0.39 is 36.0 Å². The highest BCUT2D eigenvalue weighted by molar-refractivity contribution is 7.14. The Hall–Kier alpha value is -2.69. The number of amides is 1. The molecule has 0 aliphatic rings. The zero-order valence-electron chi connectivity index (χ0n) is 15.8. The van der Waals surface area contributed by atoms with Gasteiger partial charge in [-0.25, -0.2) is 19.4 Å². The summed E-state index contributed by atoms with van der Waals surface area (Å²) >= 11 is 0.986. The van der Waals surface area contributed by atoms with Crippen molar-refractivity contribution >= 4 is 40.2 Å². The second kappa shape index (κ2) is 9.86. The molecule has 1 heterocycles. The number of nitrogens with one attached hydrogen (secondary N) is 1. The summed E-state index contributed by atoms with van der Waals surface area (Å²) in [4.78, 5) is 43.2. The first kappa shape index (κ1) is 22.4. The lowest BCUT2D eigenvalue weighted by atomic mass is 10.2. The topological polar surface area (TPSA) is 136 Å². The van der Waals surface area contributed by atoms with Gasteiger partial charge in [-0.2, -0.15) is 0 Å². The Bertz CT molecular complexity index is 707. The number of aromatic nitrogens is 1. The van der Waals surface area contributed by atoms with E-state index in [0.29, 0.717) is 0 Å². The van der Waals surface area contributed by atoms with Crippen molar-refractivity contribution in [3.05, 3.63) is 11.1 Å². The summed E-state index contributed by atoms with van der Waals surface area (Å²) < 4.78 is 9.97. The Kier molecular flexibility index (Phi) is 8.16. The van der Waals surface area contributed by atoms with Crippen LogP contribution in [0.15, 0.2) is 10.5 Å². The number of aliphatic carboxylic acids is 1. The standard InChI is InChI=1S/C16H23N3O7S/c1-9(2)6-24-11(20)7-25-19-12(13(21)22)10-8-27-14(17-10)18-15(23)26-16(3,4)5/h8-9H,6-7H2,1-5H3,(H,21,22)(H,17,18,23)/b19-12-. The molecule has 1 amide bonds. The number of nitrogens with zero attached hydrogens (tertiary/aromatic N) is 2. The first-order valence-corrected chi connectivity index (χ1v) is 8.90. The second-order valence-electron chi connectivity index (χ2n) is 6.76. The van der Waals surface area contributed by atoms with Crippen LogP contribution in [0.2, 0.25) is 0 Å². The maximum atomic E-state index is 11.7. The number of anilines is 1. The molecule has 0 unspecified atom stereocenters. The van der Waals surface area contributed by atoms with Gasteiger partial charge in [0.25, 0.3) is 0 Å². The molecule has 10 nitrogen and oxygen atoms in total. The number of esters is 1. The predicted molar refractivity (Wildman–Crippen MR) is 97.9 cm³/mol. The van der Waals surface area contributed by atoms with Crippen LogP contribution in [0.25, 0.3) is 0 Å². The quantitative estimate of drug-likeness (QED) is 0.385. The number of carbonyl (C=O) groups is 3. The fraction of sp³-hybridized carbons (Fsp3) is 0.562. The Morgan fingerprint density at radius 2 is 2.00 bits per heavy atom. The van der Waals surface area contributed by atoms with Crippen LogP contribution in [0.4, 0.5) is 9.93 Å². The van der Waals surface area contributed by atoms with E-state index in [4.69, 9.17) is 14.3 Å². The number of rotatable bonds is 8. The van der Waals surface area contributed by atoms with Crippen LogP contribution in [0.1, 0.15) is 40.3 Å². The van der Waals surface area contributed by atoms with Crippen molar-refractivity contribution < 1.29 is 33.8 Å². The SMILES string of the molecule is CC(C)COC(=O)CO/N=C(\C(=O)O)c1csc(NC(=O)OC(C)(C)C)n1. The van der Waals surface area contributed by atoms with Crippen molar-refractivity contribution in [3.63, 3.8) is 0 Å². The number of carbonyl (C=O) groups excluding carboxylic acids is 2. The highest BCUT2D eigenvalue weighted by atomic mass is 32.1. The minimum absolute atomic E-state index is 0.0332. The molecule has 0 saturated heterocycles. The summed E-state index contributed by atoms with van der Waals surface area (Å²) in [5.74, 6) is -1.90. The monoisotopic (exact) mass is 401 g/mol. The number of ether oxygens (including phenoxy) is 2. The number of oxime groups is 1. The van der Waals surface area contributed by atoms with Crippen LogP contribution in [-0.2, 0) is 23.9 Å². The summed E-state index contributed by atoms with van der Waals surface area (Å²) in [6.45, 7) is 8.57. The van der Waals surface area contributed by atoms with Crippen LogP contribution in [0.3, 0.4) is 0 Å². The number of thiazole rings is 1. The third-order valence-corrected chi connectivity index (χ3v) is 3.23. The average Bonchev–Trinajstić information content (AvgIpc) is 2.94. The molecule has 0 saturated carbocycles. The van der Waals surface area contributed by atoms with Crippen LogP contribution >= 0.6 is 11.3 Å². The van der Waals surface area contributed by atoms with Crippen LogP contribution < -0.4 is 5.32 Å². The molecular formula is C16H23N3O7S. The van der Waals surface area contributed by atoms with Gasteiger partial charge in [-0.15, -0.1) is 11.3 Å². The Balaban J connectivity index is 2.70. The molecule has 2 N–H and O–H groups in total. The maximum Gasteiger partial charge on any atom is 0.413 e. The van der Waals surface area contributed by atoms with E-state index in [0.717, 1.165) is 11.3 Å². The van der Waals surface area contributed by atoms with Gasteiger partial charge in [0.2, 0.25) is 12.3 Å². The first-order valence-electron chi connectivity index (χ1n) is 8.02. The van der Waals surface area contributed by atoms with Gasteiger partial charge in [-0.3, -0.25) is 5.32 Å². The number of hydrogen-bond acceptors (Lipinski definition) is 9. The molecule has 27 heavy (non-hydrogen) atoms. The van der Waals surface area contributed by atoms with Crippen LogP contribution in [0.5, 0.6) is 0 Å². The third kappa shape index (κ3) is 8.99. The van der Waals surface area contributed by atoms with Gasteiger partial charge in [0.1, 0.15) is 11.3 Å². The summed E-state index contributed by atoms with van der Waals surface area (Å²) in [5, 5.41) is 16.6. The van der Waals surface area contributed by atoms with Crippen molar-refractivity contribution in [2.75, 3.05) is 18.5 Å². The second-order valence-corrected chi connectivity index (χ2v) is 7.62. The number of carboxylic acid groups (broad SMARTS) is 1. The molecule has 0 radical (unpaired) electrons. The molecule has 0 aliphatic heterocycles. The van der Waals surface area contributed by atoms with Crippen LogP contribution in [0, 0.1) is 5.92 Å². The molecule has 1 rings (SSSR count). The third-order valence-electron chi connectivity index (χ3n) is 2.47. The van der Waals surface area contributed by atoms with Crippen molar-refractivity contribution in [1.29, 1.82) is 0 Å². The fourth-order valence-corrected chi connectivity index (χ4v) is 2.16. The first-order chi connectivity index (χ1) is 12.5. The van der Waals surface area contributed by atoms with Gasteiger partial charge >= 0.3 is 18.0 Å². The van der Waals surface area contributed by atoms with E-state index >= 15 is 0 Å². The molecule has 0 atom stereocenters.